The summed E-state index contributed by atoms with van der Waals surface area (Å²) in [5.41, 5.74) is 3.79. The van der Waals surface area contributed by atoms with Gasteiger partial charge in [-0.2, -0.15) is 4.98 Å². The summed E-state index contributed by atoms with van der Waals surface area (Å²) in [4.78, 5) is 10.1. The highest BCUT2D eigenvalue weighted by atomic mass is 16.5. The predicted octanol–water partition coefficient (Wildman–Crippen LogP) is 3.94. The highest BCUT2D eigenvalue weighted by Gasteiger charge is 2.11. The highest BCUT2D eigenvalue weighted by Crippen LogP contribution is 2.22. The molecule has 0 atom stereocenters. The molecule has 3 aromatic heterocycles. The van der Waals surface area contributed by atoms with Crippen LogP contribution in [0.5, 0.6) is 5.75 Å². The van der Waals surface area contributed by atoms with Crippen molar-refractivity contribution in [3.8, 4) is 17.0 Å². The maximum absolute atomic E-state index is 5.87. The number of benzene rings is 1. The van der Waals surface area contributed by atoms with Gasteiger partial charge >= 0.3 is 0 Å². The number of aromatic nitrogens is 4. The normalized spacial score (nSPS) is 14.5. The molecule has 0 unspecified atom stereocenters. The van der Waals surface area contributed by atoms with E-state index in [1.165, 1.54) is 25.9 Å². The summed E-state index contributed by atoms with van der Waals surface area (Å²) in [6.07, 6.45) is 6.47. The number of hydrogen-bond donors (Lipinski definition) is 2. The quantitative estimate of drug-likeness (QED) is 0.502. The number of hydrogen-bond acceptors (Lipinski definition) is 5. The monoisotopic (exact) mass is 388 g/mol. The molecule has 0 saturated carbocycles. The van der Waals surface area contributed by atoms with Crippen molar-refractivity contribution < 1.29 is 4.74 Å². The molecule has 0 radical (unpaired) electrons. The Bertz CT molecular complexity index is 1060. The molecule has 1 aromatic carbocycles. The summed E-state index contributed by atoms with van der Waals surface area (Å²) in [7, 11) is 0. The molecule has 7 heteroatoms. The lowest BCUT2D eigenvalue weighted by Gasteiger charge is -2.15. The summed E-state index contributed by atoms with van der Waals surface area (Å²) >= 11 is 0. The molecule has 4 heterocycles. The Hall–Kier alpha value is -3.32. The predicted molar refractivity (Wildman–Crippen MR) is 114 cm³/mol. The van der Waals surface area contributed by atoms with E-state index in [4.69, 9.17) is 4.74 Å². The smallest absolute Gasteiger partial charge is 0.247 e. The SMILES string of the molecule is c1cc(-c2cc[nH]c2)n2nc(Nc3ccc(OCCN4CCCC4)cc3)nc2c1. The van der Waals surface area contributed by atoms with Crippen molar-refractivity contribution in [1.82, 2.24) is 24.5 Å². The molecular weight excluding hydrogens is 364 g/mol. The van der Waals surface area contributed by atoms with E-state index < -0.39 is 0 Å². The van der Waals surface area contributed by atoms with E-state index in [0.717, 1.165) is 41.5 Å². The number of nitrogens with zero attached hydrogens (tertiary/aromatic N) is 4. The molecule has 0 spiro atoms. The average Bonchev–Trinajstić information content (AvgIpc) is 3.50. The minimum atomic E-state index is 0.565. The molecule has 2 N–H and O–H groups in total. The number of pyridine rings is 1. The van der Waals surface area contributed by atoms with E-state index in [1.54, 1.807) is 0 Å². The van der Waals surface area contributed by atoms with Crippen molar-refractivity contribution in [2.24, 2.45) is 0 Å². The molecule has 7 nitrogen and oxygen atoms in total. The lowest BCUT2D eigenvalue weighted by Crippen LogP contribution is -2.25. The van der Waals surface area contributed by atoms with E-state index in [-0.39, 0.29) is 0 Å². The van der Waals surface area contributed by atoms with Gasteiger partial charge in [0.15, 0.2) is 5.65 Å². The minimum absolute atomic E-state index is 0.565. The molecule has 4 aromatic rings. The van der Waals surface area contributed by atoms with Crippen molar-refractivity contribution in [3.05, 3.63) is 60.9 Å². The number of anilines is 2. The van der Waals surface area contributed by atoms with Crippen LogP contribution in [-0.2, 0) is 0 Å². The second-order valence-corrected chi connectivity index (χ2v) is 7.26. The Morgan fingerprint density at radius 1 is 1.03 bits per heavy atom. The van der Waals surface area contributed by atoms with E-state index in [0.29, 0.717) is 5.95 Å². The van der Waals surface area contributed by atoms with Gasteiger partial charge in [-0.05, 0) is 68.4 Å². The van der Waals surface area contributed by atoms with Gasteiger partial charge in [0.05, 0.1) is 5.69 Å². The maximum Gasteiger partial charge on any atom is 0.247 e. The van der Waals surface area contributed by atoms with Crippen molar-refractivity contribution in [2.45, 2.75) is 12.8 Å². The minimum Gasteiger partial charge on any atom is -0.492 e. The molecule has 1 fully saturated rings. The van der Waals surface area contributed by atoms with Crippen LogP contribution in [0.25, 0.3) is 16.9 Å². The summed E-state index contributed by atoms with van der Waals surface area (Å²) < 4.78 is 7.72. The van der Waals surface area contributed by atoms with Gasteiger partial charge in [0, 0.05) is 30.2 Å². The van der Waals surface area contributed by atoms with Gasteiger partial charge in [-0.15, -0.1) is 5.10 Å². The Kier molecular flexibility index (Phi) is 4.88. The molecule has 1 aliphatic rings. The molecule has 29 heavy (non-hydrogen) atoms. The first-order valence-corrected chi connectivity index (χ1v) is 10.1. The summed E-state index contributed by atoms with van der Waals surface area (Å²) in [5.74, 6) is 1.45. The molecule has 0 aliphatic carbocycles. The van der Waals surface area contributed by atoms with Crippen molar-refractivity contribution in [1.29, 1.82) is 0 Å². The number of nitrogens with one attached hydrogen (secondary N) is 2. The number of ether oxygens (including phenoxy) is 1. The Morgan fingerprint density at radius 3 is 2.69 bits per heavy atom. The zero-order valence-electron chi connectivity index (χ0n) is 16.2. The molecular formula is C22H24N6O. The van der Waals surface area contributed by atoms with Crippen LogP contribution in [0.2, 0.25) is 0 Å². The second kappa shape index (κ2) is 7.97. The zero-order valence-corrected chi connectivity index (χ0v) is 16.2. The second-order valence-electron chi connectivity index (χ2n) is 7.26. The highest BCUT2D eigenvalue weighted by molar-refractivity contribution is 5.64. The summed E-state index contributed by atoms with van der Waals surface area (Å²) in [5, 5.41) is 7.90. The largest absolute Gasteiger partial charge is 0.492 e. The average molecular weight is 388 g/mol. The van der Waals surface area contributed by atoms with E-state index >= 15 is 0 Å². The topological polar surface area (TPSA) is 70.5 Å². The third-order valence-corrected chi connectivity index (χ3v) is 5.24. The summed E-state index contributed by atoms with van der Waals surface area (Å²) in [6, 6.07) is 15.9. The fourth-order valence-electron chi connectivity index (χ4n) is 3.72. The van der Waals surface area contributed by atoms with Crippen LogP contribution in [-0.4, -0.2) is 50.7 Å². The van der Waals surface area contributed by atoms with Gasteiger partial charge in [0.2, 0.25) is 5.95 Å². The van der Waals surface area contributed by atoms with Crippen LogP contribution in [0.15, 0.2) is 60.9 Å². The number of rotatable bonds is 7. The van der Waals surface area contributed by atoms with Crippen LogP contribution in [0.1, 0.15) is 12.8 Å². The lowest BCUT2D eigenvalue weighted by atomic mass is 10.2. The van der Waals surface area contributed by atoms with Crippen LogP contribution in [0.4, 0.5) is 11.6 Å². The zero-order chi connectivity index (χ0) is 19.5. The molecule has 0 bridgehead atoms. The van der Waals surface area contributed by atoms with Crippen molar-refractivity contribution in [2.75, 3.05) is 31.6 Å². The van der Waals surface area contributed by atoms with Crippen LogP contribution >= 0.6 is 0 Å². The van der Waals surface area contributed by atoms with Gasteiger partial charge in [0.25, 0.3) is 0 Å². The standard InChI is InChI=1S/C22H24N6O/c1-2-13-27(12-1)14-15-29-19-8-6-18(7-9-19)24-22-25-21-5-3-4-20(28(21)26-22)17-10-11-23-16-17/h3-11,16,23H,1-2,12-15H2,(H,24,26). The molecule has 5 rings (SSSR count). The van der Waals surface area contributed by atoms with E-state index in [2.05, 4.69) is 25.3 Å². The molecule has 0 amide bonds. The van der Waals surface area contributed by atoms with Gasteiger partial charge < -0.3 is 15.0 Å². The van der Waals surface area contributed by atoms with Crippen LogP contribution in [0.3, 0.4) is 0 Å². The number of H-pyrrole nitrogens is 1. The maximum atomic E-state index is 5.87. The molecule has 148 valence electrons. The Morgan fingerprint density at radius 2 is 1.90 bits per heavy atom. The van der Waals surface area contributed by atoms with E-state index in [1.807, 2.05) is 65.4 Å². The van der Waals surface area contributed by atoms with Gasteiger partial charge in [-0.3, -0.25) is 4.90 Å². The third kappa shape index (κ3) is 3.95. The van der Waals surface area contributed by atoms with E-state index in [9.17, 15) is 0 Å². The molecule has 1 saturated heterocycles. The fraction of sp³-hybridized carbons (Fsp3) is 0.273. The summed E-state index contributed by atoms with van der Waals surface area (Å²) in [6.45, 7) is 4.12. The van der Waals surface area contributed by atoms with Crippen LogP contribution < -0.4 is 10.1 Å². The Labute approximate surface area is 169 Å². The van der Waals surface area contributed by atoms with Gasteiger partial charge in [-0.1, -0.05) is 6.07 Å². The molecule has 1 aliphatic heterocycles. The lowest BCUT2D eigenvalue weighted by molar-refractivity contribution is 0.238. The van der Waals surface area contributed by atoms with Gasteiger partial charge in [0.1, 0.15) is 12.4 Å². The Balaban J connectivity index is 1.25. The first-order valence-electron chi connectivity index (χ1n) is 10.1. The number of aromatic amines is 1. The fourth-order valence-corrected chi connectivity index (χ4v) is 3.72. The van der Waals surface area contributed by atoms with Crippen LogP contribution in [0, 0.1) is 0 Å². The first-order chi connectivity index (χ1) is 14.3. The first kappa shape index (κ1) is 17.8. The van der Waals surface area contributed by atoms with Crippen molar-refractivity contribution >= 4 is 17.3 Å². The number of fused-ring (bicyclic) bond motifs is 1. The van der Waals surface area contributed by atoms with Gasteiger partial charge in [-0.25, -0.2) is 4.52 Å². The third-order valence-electron chi connectivity index (χ3n) is 5.24. The number of likely N-dealkylation sites (tertiary alicyclic amines) is 1. The van der Waals surface area contributed by atoms with Crippen molar-refractivity contribution in [3.63, 3.8) is 0 Å².